The van der Waals surface area contributed by atoms with E-state index in [0.29, 0.717) is 17.5 Å². The van der Waals surface area contributed by atoms with E-state index < -0.39 is 0 Å². The van der Waals surface area contributed by atoms with Gasteiger partial charge in [-0.05, 0) is 41.7 Å². The average molecular weight is 415 g/mol. The summed E-state index contributed by atoms with van der Waals surface area (Å²) in [7, 11) is 0. The first-order valence-electron chi connectivity index (χ1n) is 9.13. The zero-order chi connectivity index (χ0) is 20.1. The van der Waals surface area contributed by atoms with Crippen molar-refractivity contribution in [2.24, 2.45) is 0 Å². The zero-order valence-corrected chi connectivity index (χ0v) is 17.7. The molecule has 0 saturated heterocycles. The van der Waals surface area contributed by atoms with Crippen LogP contribution in [0.4, 0.5) is 5.13 Å². The number of rotatable bonds is 7. The summed E-state index contributed by atoms with van der Waals surface area (Å²) in [5, 5.41) is 4.10. The van der Waals surface area contributed by atoms with Crippen molar-refractivity contribution in [2.45, 2.75) is 33.1 Å². The molecule has 0 aliphatic heterocycles. The number of carbonyl (C=O) groups is 1. The number of halogens is 1. The maximum Gasteiger partial charge on any atom is 0.264 e. The molecule has 1 amide bonds. The van der Waals surface area contributed by atoms with Crippen LogP contribution >= 0.6 is 22.9 Å². The summed E-state index contributed by atoms with van der Waals surface area (Å²) in [4.78, 5) is 17.6. The van der Waals surface area contributed by atoms with E-state index in [0.717, 1.165) is 32.3 Å². The van der Waals surface area contributed by atoms with Gasteiger partial charge in [-0.3, -0.25) is 10.1 Å². The van der Waals surface area contributed by atoms with E-state index in [9.17, 15) is 4.79 Å². The molecule has 1 aromatic heterocycles. The number of thiazole rings is 1. The highest BCUT2D eigenvalue weighted by Gasteiger charge is 2.12. The minimum absolute atomic E-state index is 0.0530. The topological polar surface area (TPSA) is 51.2 Å². The van der Waals surface area contributed by atoms with Crippen molar-refractivity contribution < 1.29 is 9.53 Å². The van der Waals surface area contributed by atoms with Crippen LogP contribution in [0.15, 0.2) is 48.7 Å². The van der Waals surface area contributed by atoms with Crippen LogP contribution in [-0.2, 0) is 11.2 Å². The van der Waals surface area contributed by atoms with E-state index in [1.165, 1.54) is 11.3 Å². The first-order valence-corrected chi connectivity index (χ1v) is 10.3. The molecule has 3 aromatic rings. The highest BCUT2D eigenvalue weighted by molar-refractivity contribution is 7.15. The number of nitrogens with one attached hydrogen (secondary N) is 1. The number of amides is 1. The molecule has 0 unspecified atom stereocenters. The predicted molar refractivity (Wildman–Crippen MR) is 116 cm³/mol. The Hall–Kier alpha value is -2.37. The molecule has 3 rings (SSSR count). The van der Waals surface area contributed by atoms with Crippen molar-refractivity contribution >= 4 is 34.0 Å². The van der Waals surface area contributed by atoms with Gasteiger partial charge in [0.15, 0.2) is 11.7 Å². The number of ether oxygens (including phenoxy) is 1. The predicted octanol–water partition coefficient (Wildman–Crippen LogP) is 5.84. The Balaban J connectivity index is 1.58. The Bertz CT molecular complexity index is 969. The summed E-state index contributed by atoms with van der Waals surface area (Å²) in [6.07, 6.45) is 2.45. The fraction of sp³-hybridized carbons (Fsp3) is 0.273. The van der Waals surface area contributed by atoms with Gasteiger partial charge in [0.1, 0.15) is 5.75 Å². The summed E-state index contributed by atoms with van der Waals surface area (Å²) >= 11 is 7.65. The second-order valence-corrected chi connectivity index (χ2v) is 8.46. The van der Waals surface area contributed by atoms with Crippen LogP contribution in [-0.4, -0.2) is 17.5 Å². The molecule has 1 N–H and O–H groups in total. The van der Waals surface area contributed by atoms with Crippen LogP contribution in [0.5, 0.6) is 5.75 Å². The lowest BCUT2D eigenvalue weighted by Gasteiger charge is -2.14. The fourth-order valence-corrected chi connectivity index (χ4v) is 3.87. The monoisotopic (exact) mass is 414 g/mol. The molecule has 0 bridgehead atoms. The molecular formula is C22H23ClN2O2S. The molecule has 0 spiro atoms. The molecule has 0 radical (unpaired) electrons. The number of aryl methyl sites for hydroxylation is 1. The first-order chi connectivity index (χ1) is 13.4. The smallest absolute Gasteiger partial charge is 0.264 e. The average Bonchev–Trinajstić information content (AvgIpc) is 3.08. The summed E-state index contributed by atoms with van der Waals surface area (Å²) in [6.45, 7) is 6.16. The zero-order valence-electron chi connectivity index (χ0n) is 16.2. The fourth-order valence-electron chi connectivity index (χ4n) is 2.82. The van der Waals surface area contributed by atoms with Gasteiger partial charge in [0.05, 0.1) is 0 Å². The minimum atomic E-state index is -0.227. The standard InChI is InChI=1S/C22H23ClN2O2S/c1-14(2)18-9-8-15(3)10-20(18)27-13-21(26)25-22-24-12-17(28-22)11-16-6-4-5-7-19(16)23/h4-10,12,14H,11,13H2,1-3H3,(H,24,25,26). The van der Waals surface area contributed by atoms with Crippen molar-refractivity contribution in [3.05, 3.63) is 75.3 Å². The Kier molecular flexibility index (Phi) is 6.70. The lowest BCUT2D eigenvalue weighted by molar-refractivity contribution is -0.118. The third kappa shape index (κ3) is 5.33. The van der Waals surface area contributed by atoms with E-state index in [-0.39, 0.29) is 12.5 Å². The highest BCUT2D eigenvalue weighted by Crippen LogP contribution is 2.28. The van der Waals surface area contributed by atoms with Crippen LogP contribution in [0.25, 0.3) is 0 Å². The molecule has 0 aliphatic carbocycles. The number of hydrogen-bond acceptors (Lipinski definition) is 4. The summed E-state index contributed by atoms with van der Waals surface area (Å²) in [5.41, 5.74) is 3.23. The number of benzene rings is 2. The number of anilines is 1. The van der Waals surface area contributed by atoms with Crippen LogP contribution in [0.2, 0.25) is 5.02 Å². The number of nitrogens with zero attached hydrogens (tertiary/aromatic N) is 1. The molecule has 0 saturated carbocycles. The maximum absolute atomic E-state index is 12.3. The lowest BCUT2D eigenvalue weighted by Crippen LogP contribution is -2.20. The Morgan fingerprint density at radius 2 is 2.04 bits per heavy atom. The van der Waals surface area contributed by atoms with Crippen molar-refractivity contribution in [1.29, 1.82) is 0 Å². The van der Waals surface area contributed by atoms with E-state index in [2.05, 4.69) is 36.3 Å². The number of aromatic nitrogens is 1. The Labute approximate surface area is 174 Å². The lowest BCUT2D eigenvalue weighted by atomic mass is 10.0. The minimum Gasteiger partial charge on any atom is -0.483 e. The molecular weight excluding hydrogens is 392 g/mol. The molecule has 1 heterocycles. The Morgan fingerprint density at radius 1 is 1.25 bits per heavy atom. The van der Waals surface area contributed by atoms with Crippen molar-refractivity contribution in [3.8, 4) is 5.75 Å². The van der Waals surface area contributed by atoms with Gasteiger partial charge in [0.25, 0.3) is 5.91 Å². The van der Waals surface area contributed by atoms with Crippen molar-refractivity contribution in [1.82, 2.24) is 4.98 Å². The highest BCUT2D eigenvalue weighted by atomic mass is 35.5. The third-order valence-corrected chi connectivity index (χ3v) is 5.55. The molecule has 4 nitrogen and oxygen atoms in total. The van der Waals surface area contributed by atoms with E-state index in [1.807, 2.05) is 37.3 Å². The molecule has 0 fully saturated rings. The molecule has 2 aromatic carbocycles. The van der Waals surface area contributed by atoms with Crippen LogP contribution < -0.4 is 10.1 Å². The quantitative estimate of drug-likeness (QED) is 0.528. The molecule has 28 heavy (non-hydrogen) atoms. The second-order valence-electron chi connectivity index (χ2n) is 6.93. The van der Waals surface area contributed by atoms with Gasteiger partial charge in [-0.1, -0.05) is 55.8 Å². The van der Waals surface area contributed by atoms with Gasteiger partial charge in [0.2, 0.25) is 0 Å². The van der Waals surface area contributed by atoms with E-state index in [1.54, 1.807) is 6.20 Å². The van der Waals surface area contributed by atoms with E-state index >= 15 is 0 Å². The van der Waals surface area contributed by atoms with E-state index in [4.69, 9.17) is 16.3 Å². The Morgan fingerprint density at radius 3 is 2.79 bits per heavy atom. The second kappa shape index (κ2) is 9.22. The van der Waals surface area contributed by atoms with Crippen LogP contribution in [0.1, 0.15) is 41.3 Å². The summed E-state index contributed by atoms with van der Waals surface area (Å²) in [5.74, 6) is 0.851. The van der Waals surface area contributed by atoms with Crippen molar-refractivity contribution in [2.75, 3.05) is 11.9 Å². The van der Waals surface area contributed by atoms with Gasteiger partial charge in [-0.25, -0.2) is 4.98 Å². The van der Waals surface area contributed by atoms with Gasteiger partial charge in [-0.2, -0.15) is 0 Å². The third-order valence-electron chi connectivity index (χ3n) is 4.27. The van der Waals surface area contributed by atoms with Gasteiger partial charge in [0, 0.05) is 22.5 Å². The van der Waals surface area contributed by atoms with Crippen LogP contribution in [0, 0.1) is 6.92 Å². The van der Waals surface area contributed by atoms with Crippen molar-refractivity contribution in [3.63, 3.8) is 0 Å². The molecule has 0 aliphatic rings. The molecule has 146 valence electrons. The van der Waals surface area contributed by atoms with Gasteiger partial charge >= 0.3 is 0 Å². The SMILES string of the molecule is Cc1ccc(C(C)C)c(OCC(=O)Nc2ncc(Cc3ccccc3Cl)s2)c1. The maximum atomic E-state index is 12.3. The van der Waals surface area contributed by atoms with Gasteiger partial charge in [-0.15, -0.1) is 11.3 Å². The summed E-state index contributed by atoms with van der Waals surface area (Å²) < 4.78 is 5.78. The van der Waals surface area contributed by atoms with Gasteiger partial charge < -0.3 is 4.74 Å². The largest absolute Gasteiger partial charge is 0.483 e. The number of carbonyl (C=O) groups excluding carboxylic acids is 1. The first kappa shape index (κ1) is 20.4. The summed E-state index contributed by atoms with van der Waals surface area (Å²) in [6, 6.07) is 13.8. The number of hydrogen-bond donors (Lipinski definition) is 1. The molecule has 6 heteroatoms. The van der Waals surface area contributed by atoms with Crippen LogP contribution in [0.3, 0.4) is 0 Å². The molecule has 0 atom stereocenters. The normalized spacial score (nSPS) is 10.9.